The Labute approximate surface area is 129 Å². The SMILES string of the molecule is Cc1cccc(C(=O)NCCn2nc(C3CC3)ccc2=O)c1. The quantitative estimate of drug-likeness (QED) is 0.916. The summed E-state index contributed by atoms with van der Waals surface area (Å²) in [6.45, 7) is 2.72. The Morgan fingerprint density at radius 2 is 2.14 bits per heavy atom. The second kappa shape index (κ2) is 6.13. The van der Waals surface area contributed by atoms with Crippen molar-refractivity contribution in [2.45, 2.75) is 32.2 Å². The van der Waals surface area contributed by atoms with E-state index in [1.54, 1.807) is 12.1 Å². The molecule has 0 spiro atoms. The van der Waals surface area contributed by atoms with Crippen molar-refractivity contribution in [3.05, 3.63) is 63.6 Å². The van der Waals surface area contributed by atoms with Gasteiger partial charge in [0.05, 0.1) is 12.2 Å². The fraction of sp³-hybridized carbons (Fsp3) is 0.353. The average Bonchev–Trinajstić information content (AvgIpc) is 3.34. The first-order valence-corrected chi connectivity index (χ1v) is 7.56. The van der Waals surface area contributed by atoms with Gasteiger partial charge >= 0.3 is 0 Å². The molecule has 1 fully saturated rings. The van der Waals surface area contributed by atoms with Crippen molar-refractivity contribution >= 4 is 5.91 Å². The van der Waals surface area contributed by atoms with Crippen molar-refractivity contribution in [1.29, 1.82) is 0 Å². The van der Waals surface area contributed by atoms with Gasteiger partial charge in [0.25, 0.3) is 11.5 Å². The summed E-state index contributed by atoms with van der Waals surface area (Å²) in [5, 5.41) is 7.20. The fourth-order valence-electron chi connectivity index (χ4n) is 2.39. The average molecular weight is 297 g/mol. The number of carbonyl (C=O) groups is 1. The lowest BCUT2D eigenvalue weighted by Crippen LogP contribution is -2.32. The number of benzene rings is 1. The van der Waals surface area contributed by atoms with E-state index in [0.29, 0.717) is 24.6 Å². The Balaban J connectivity index is 1.60. The summed E-state index contributed by atoms with van der Waals surface area (Å²) in [6.07, 6.45) is 2.30. The van der Waals surface area contributed by atoms with Crippen molar-refractivity contribution in [1.82, 2.24) is 15.1 Å². The molecule has 0 unspecified atom stereocenters. The van der Waals surface area contributed by atoms with E-state index >= 15 is 0 Å². The number of aryl methyl sites for hydroxylation is 1. The Morgan fingerprint density at radius 3 is 2.86 bits per heavy atom. The summed E-state index contributed by atoms with van der Waals surface area (Å²) >= 11 is 0. The third kappa shape index (κ3) is 3.42. The van der Waals surface area contributed by atoms with E-state index in [9.17, 15) is 9.59 Å². The van der Waals surface area contributed by atoms with Crippen molar-refractivity contribution < 1.29 is 4.79 Å². The summed E-state index contributed by atoms with van der Waals surface area (Å²) in [5.41, 5.74) is 2.52. The lowest BCUT2D eigenvalue weighted by atomic mass is 10.1. The van der Waals surface area contributed by atoms with Crippen LogP contribution in [-0.2, 0) is 6.54 Å². The molecular formula is C17H19N3O2. The smallest absolute Gasteiger partial charge is 0.266 e. The van der Waals surface area contributed by atoms with Gasteiger partial charge in [-0.15, -0.1) is 0 Å². The van der Waals surface area contributed by atoms with Crippen LogP contribution in [0.3, 0.4) is 0 Å². The maximum absolute atomic E-state index is 12.0. The van der Waals surface area contributed by atoms with Crippen LogP contribution in [0.4, 0.5) is 0 Å². The van der Waals surface area contributed by atoms with E-state index < -0.39 is 0 Å². The van der Waals surface area contributed by atoms with Crippen LogP contribution in [0, 0.1) is 6.92 Å². The second-order valence-corrected chi connectivity index (χ2v) is 5.72. The molecule has 22 heavy (non-hydrogen) atoms. The van der Waals surface area contributed by atoms with Gasteiger partial charge in [-0.1, -0.05) is 17.7 Å². The predicted octanol–water partition coefficient (Wildman–Crippen LogP) is 1.86. The molecule has 3 rings (SSSR count). The molecule has 0 saturated heterocycles. The Morgan fingerprint density at radius 1 is 1.32 bits per heavy atom. The molecule has 1 aliphatic carbocycles. The van der Waals surface area contributed by atoms with E-state index in [1.165, 1.54) is 4.68 Å². The summed E-state index contributed by atoms with van der Waals surface area (Å²) in [4.78, 5) is 23.8. The van der Waals surface area contributed by atoms with Gasteiger partial charge in [-0.3, -0.25) is 9.59 Å². The summed E-state index contributed by atoms with van der Waals surface area (Å²) in [7, 11) is 0. The van der Waals surface area contributed by atoms with E-state index in [2.05, 4.69) is 10.4 Å². The van der Waals surface area contributed by atoms with Crippen LogP contribution in [0.1, 0.15) is 40.4 Å². The third-order valence-electron chi connectivity index (χ3n) is 3.77. The van der Waals surface area contributed by atoms with Gasteiger partial charge in [-0.2, -0.15) is 5.10 Å². The van der Waals surface area contributed by atoms with E-state index in [1.807, 2.05) is 31.2 Å². The van der Waals surface area contributed by atoms with Gasteiger partial charge in [0, 0.05) is 24.1 Å². The number of hydrogen-bond acceptors (Lipinski definition) is 3. The molecule has 0 radical (unpaired) electrons. The topological polar surface area (TPSA) is 64.0 Å². The molecule has 1 N–H and O–H groups in total. The van der Waals surface area contributed by atoms with E-state index in [4.69, 9.17) is 0 Å². The summed E-state index contributed by atoms with van der Waals surface area (Å²) in [6, 6.07) is 10.8. The molecule has 1 heterocycles. The second-order valence-electron chi connectivity index (χ2n) is 5.72. The lowest BCUT2D eigenvalue weighted by molar-refractivity contribution is 0.0951. The highest BCUT2D eigenvalue weighted by Crippen LogP contribution is 2.38. The van der Waals surface area contributed by atoms with Gasteiger partial charge in [0.1, 0.15) is 0 Å². The third-order valence-corrected chi connectivity index (χ3v) is 3.77. The highest BCUT2D eigenvalue weighted by molar-refractivity contribution is 5.94. The highest BCUT2D eigenvalue weighted by atomic mass is 16.1. The normalized spacial score (nSPS) is 13.9. The minimum absolute atomic E-state index is 0.130. The largest absolute Gasteiger partial charge is 0.350 e. The van der Waals surface area contributed by atoms with Crippen LogP contribution in [0.25, 0.3) is 0 Å². The van der Waals surface area contributed by atoms with E-state index in [0.717, 1.165) is 24.1 Å². The number of rotatable bonds is 5. The van der Waals surface area contributed by atoms with Crippen molar-refractivity contribution in [3.8, 4) is 0 Å². The molecule has 1 aliphatic rings. The zero-order valence-corrected chi connectivity index (χ0v) is 12.6. The number of amides is 1. The van der Waals surface area contributed by atoms with Crippen LogP contribution < -0.4 is 10.9 Å². The summed E-state index contributed by atoms with van der Waals surface area (Å²) in [5.74, 6) is 0.379. The van der Waals surface area contributed by atoms with Crippen LogP contribution in [0.15, 0.2) is 41.2 Å². The van der Waals surface area contributed by atoms with Gasteiger partial charge < -0.3 is 5.32 Å². The van der Waals surface area contributed by atoms with Gasteiger partial charge in [-0.25, -0.2) is 4.68 Å². The molecule has 0 atom stereocenters. The highest BCUT2D eigenvalue weighted by Gasteiger charge is 2.25. The number of carbonyl (C=O) groups excluding carboxylic acids is 1. The van der Waals surface area contributed by atoms with Crippen LogP contribution in [0.2, 0.25) is 0 Å². The Kier molecular flexibility index (Phi) is 4.04. The molecule has 0 bridgehead atoms. The van der Waals surface area contributed by atoms with Gasteiger partial charge in [0.15, 0.2) is 0 Å². The van der Waals surface area contributed by atoms with Crippen LogP contribution in [-0.4, -0.2) is 22.2 Å². The molecule has 5 nitrogen and oxygen atoms in total. The number of hydrogen-bond donors (Lipinski definition) is 1. The molecule has 1 amide bonds. The molecule has 1 saturated carbocycles. The number of nitrogens with one attached hydrogen (secondary N) is 1. The van der Waals surface area contributed by atoms with E-state index in [-0.39, 0.29) is 11.5 Å². The fourth-order valence-corrected chi connectivity index (χ4v) is 2.39. The minimum atomic E-state index is -0.130. The van der Waals surface area contributed by atoms with Crippen molar-refractivity contribution in [2.24, 2.45) is 0 Å². The molecule has 2 aromatic rings. The molecular weight excluding hydrogens is 278 g/mol. The monoisotopic (exact) mass is 297 g/mol. The Hall–Kier alpha value is -2.43. The zero-order valence-electron chi connectivity index (χ0n) is 12.6. The molecule has 1 aromatic heterocycles. The molecule has 5 heteroatoms. The molecule has 1 aromatic carbocycles. The van der Waals surface area contributed by atoms with Gasteiger partial charge in [-0.05, 0) is 38.0 Å². The lowest BCUT2D eigenvalue weighted by Gasteiger charge is -2.08. The summed E-state index contributed by atoms with van der Waals surface area (Å²) < 4.78 is 1.43. The van der Waals surface area contributed by atoms with Crippen LogP contribution >= 0.6 is 0 Å². The number of aromatic nitrogens is 2. The van der Waals surface area contributed by atoms with Crippen molar-refractivity contribution in [3.63, 3.8) is 0 Å². The standard InChI is InChI=1S/C17H19N3O2/c1-12-3-2-4-14(11-12)17(22)18-9-10-20-16(21)8-7-15(19-20)13-5-6-13/h2-4,7-8,11,13H,5-6,9-10H2,1H3,(H,18,22). The predicted molar refractivity (Wildman–Crippen MR) is 84.0 cm³/mol. The first-order valence-electron chi connectivity index (χ1n) is 7.56. The van der Waals surface area contributed by atoms with Gasteiger partial charge in [0.2, 0.25) is 0 Å². The molecule has 114 valence electrons. The maximum atomic E-state index is 12.0. The van der Waals surface area contributed by atoms with Crippen molar-refractivity contribution in [2.75, 3.05) is 6.54 Å². The minimum Gasteiger partial charge on any atom is -0.350 e. The van der Waals surface area contributed by atoms with Crippen LogP contribution in [0.5, 0.6) is 0 Å². The number of nitrogens with zero attached hydrogens (tertiary/aromatic N) is 2. The first kappa shape index (κ1) is 14.5. The molecule has 0 aliphatic heterocycles. The Bertz CT molecular complexity index is 748. The zero-order chi connectivity index (χ0) is 15.5. The maximum Gasteiger partial charge on any atom is 0.266 e. The first-order chi connectivity index (χ1) is 10.6.